The van der Waals surface area contributed by atoms with Crippen molar-refractivity contribution in [2.75, 3.05) is 14.1 Å². The third kappa shape index (κ3) is 2.97. The van der Waals surface area contributed by atoms with E-state index >= 15 is 0 Å². The summed E-state index contributed by atoms with van der Waals surface area (Å²) >= 11 is 3.08. The number of likely N-dealkylation sites (N-methyl/N-ethyl adjacent to an activating group) is 1. The maximum absolute atomic E-state index is 14.2. The number of hydrogen-bond acceptors (Lipinski definition) is 3. The predicted molar refractivity (Wildman–Crippen MR) is 76.5 cm³/mol. The van der Waals surface area contributed by atoms with Gasteiger partial charge in [-0.1, -0.05) is 6.92 Å². The van der Waals surface area contributed by atoms with Crippen molar-refractivity contribution in [2.24, 2.45) is 5.84 Å². The summed E-state index contributed by atoms with van der Waals surface area (Å²) in [4.78, 5) is 1.91. The first kappa shape index (κ1) is 16.5. The van der Waals surface area contributed by atoms with Crippen LogP contribution in [0.2, 0.25) is 0 Å². The van der Waals surface area contributed by atoms with Crippen LogP contribution in [-0.2, 0) is 0 Å². The first-order valence-corrected chi connectivity index (χ1v) is 6.85. The lowest BCUT2D eigenvalue weighted by atomic mass is 9.83. The van der Waals surface area contributed by atoms with Crippen LogP contribution in [0, 0.1) is 11.6 Å². The monoisotopic (exact) mass is 335 g/mol. The Morgan fingerprint density at radius 3 is 2.42 bits per heavy atom. The quantitative estimate of drug-likeness (QED) is 0.493. The maximum atomic E-state index is 14.2. The molecule has 1 aromatic rings. The summed E-state index contributed by atoms with van der Waals surface area (Å²) in [5.74, 6) is 4.34. The van der Waals surface area contributed by atoms with Gasteiger partial charge in [-0.3, -0.25) is 11.3 Å². The summed E-state index contributed by atoms with van der Waals surface area (Å²) in [7, 11) is 3.73. The van der Waals surface area contributed by atoms with Crippen LogP contribution in [0.15, 0.2) is 16.6 Å². The second kappa shape index (κ2) is 6.26. The molecular weight excluding hydrogens is 316 g/mol. The molecule has 3 nitrogen and oxygen atoms in total. The number of hydrazine groups is 1. The highest BCUT2D eigenvalue weighted by atomic mass is 79.9. The van der Waals surface area contributed by atoms with E-state index in [2.05, 4.69) is 21.4 Å². The third-order valence-electron chi connectivity index (χ3n) is 3.89. The van der Waals surface area contributed by atoms with E-state index in [1.807, 2.05) is 32.8 Å². The van der Waals surface area contributed by atoms with Gasteiger partial charge in [-0.15, -0.1) is 0 Å². The van der Waals surface area contributed by atoms with E-state index < -0.39 is 23.2 Å². The number of rotatable bonds is 5. The van der Waals surface area contributed by atoms with E-state index in [9.17, 15) is 8.78 Å². The first-order chi connectivity index (χ1) is 8.79. The van der Waals surface area contributed by atoms with Gasteiger partial charge in [-0.05, 0) is 55.5 Å². The average molecular weight is 336 g/mol. The molecule has 0 radical (unpaired) electrons. The highest BCUT2D eigenvalue weighted by Gasteiger charge is 2.38. The van der Waals surface area contributed by atoms with Gasteiger partial charge in [-0.25, -0.2) is 8.78 Å². The van der Waals surface area contributed by atoms with Gasteiger partial charge in [0.15, 0.2) is 0 Å². The molecule has 0 aliphatic heterocycles. The number of nitrogens with one attached hydrogen (secondary N) is 1. The fraction of sp³-hybridized carbons (Fsp3) is 0.538. The lowest BCUT2D eigenvalue weighted by Gasteiger charge is -2.42. The molecule has 0 aromatic heterocycles. The zero-order valence-corrected chi connectivity index (χ0v) is 13.2. The van der Waals surface area contributed by atoms with Crippen molar-refractivity contribution >= 4 is 15.9 Å². The van der Waals surface area contributed by atoms with Gasteiger partial charge in [-0.2, -0.15) is 0 Å². The highest BCUT2D eigenvalue weighted by molar-refractivity contribution is 9.10. The predicted octanol–water partition coefficient (Wildman–Crippen LogP) is 2.96. The van der Waals surface area contributed by atoms with Crippen LogP contribution in [0.3, 0.4) is 0 Å². The molecule has 108 valence electrons. The SMILES string of the molecule is CCC(C)(C(NN)c1c(F)ccc(Br)c1F)N(C)C. The Balaban J connectivity index is 3.43. The Kier molecular flexibility index (Phi) is 5.43. The van der Waals surface area contributed by atoms with E-state index in [1.54, 1.807) is 0 Å². The summed E-state index contributed by atoms with van der Waals surface area (Å²) in [5, 5.41) is 0. The lowest BCUT2D eigenvalue weighted by Crippen LogP contribution is -2.53. The van der Waals surface area contributed by atoms with E-state index in [0.29, 0.717) is 6.42 Å². The van der Waals surface area contributed by atoms with Crippen LogP contribution in [-0.4, -0.2) is 24.5 Å². The Morgan fingerprint density at radius 2 is 2.00 bits per heavy atom. The summed E-state index contributed by atoms with van der Waals surface area (Å²) in [6.45, 7) is 3.87. The Hall–Kier alpha value is -0.560. The van der Waals surface area contributed by atoms with Gasteiger partial charge in [0.05, 0.1) is 10.5 Å². The van der Waals surface area contributed by atoms with Crippen molar-refractivity contribution in [3.63, 3.8) is 0 Å². The number of benzene rings is 1. The molecule has 0 bridgehead atoms. The minimum atomic E-state index is -0.662. The minimum Gasteiger partial charge on any atom is -0.302 e. The van der Waals surface area contributed by atoms with E-state index in [-0.39, 0.29) is 10.0 Å². The van der Waals surface area contributed by atoms with E-state index in [0.717, 1.165) is 0 Å². The van der Waals surface area contributed by atoms with Crippen molar-refractivity contribution in [2.45, 2.75) is 31.8 Å². The van der Waals surface area contributed by atoms with Crippen molar-refractivity contribution < 1.29 is 8.78 Å². The minimum absolute atomic E-state index is 0.0464. The van der Waals surface area contributed by atoms with Crippen LogP contribution in [0.4, 0.5) is 8.78 Å². The molecule has 3 N–H and O–H groups in total. The molecule has 0 fully saturated rings. The normalized spacial score (nSPS) is 16.5. The van der Waals surface area contributed by atoms with Crippen LogP contribution in [0.1, 0.15) is 31.9 Å². The fourth-order valence-electron chi connectivity index (χ4n) is 2.16. The van der Waals surface area contributed by atoms with Crippen LogP contribution < -0.4 is 11.3 Å². The Morgan fingerprint density at radius 1 is 1.42 bits per heavy atom. The second-order valence-corrected chi connectivity index (χ2v) is 5.82. The molecular formula is C13H20BrF2N3. The first-order valence-electron chi connectivity index (χ1n) is 6.06. The molecule has 0 aliphatic rings. The number of nitrogens with two attached hydrogens (primary N) is 1. The van der Waals surface area contributed by atoms with Crippen LogP contribution >= 0.6 is 15.9 Å². The highest BCUT2D eigenvalue weighted by Crippen LogP contribution is 2.36. The van der Waals surface area contributed by atoms with Crippen LogP contribution in [0.5, 0.6) is 0 Å². The smallest absolute Gasteiger partial charge is 0.145 e. The standard InChI is InChI=1S/C13H20BrF2N3/c1-5-13(2,19(3)4)12(18-17)10-9(15)7-6-8(14)11(10)16/h6-7,12,18H,5,17H2,1-4H3. The molecule has 0 heterocycles. The molecule has 0 saturated heterocycles. The third-order valence-corrected chi connectivity index (χ3v) is 4.51. The molecule has 1 aromatic carbocycles. The second-order valence-electron chi connectivity index (χ2n) is 4.96. The van der Waals surface area contributed by atoms with Crippen molar-refractivity contribution in [3.8, 4) is 0 Å². The molecule has 1 rings (SSSR count). The van der Waals surface area contributed by atoms with E-state index in [1.165, 1.54) is 12.1 Å². The summed E-state index contributed by atoms with van der Waals surface area (Å²) < 4.78 is 28.5. The van der Waals surface area contributed by atoms with E-state index in [4.69, 9.17) is 5.84 Å². The van der Waals surface area contributed by atoms with Gasteiger partial charge in [0.2, 0.25) is 0 Å². The molecule has 0 aliphatic carbocycles. The largest absolute Gasteiger partial charge is 0.302 e. The molecule has 2 atom stereocenters. The van der Waals surface area contributed by atoms with Gasteiger partial charge in [0, 0.05) is 11.1 Å². The zero-order valence-electron chi connectivity index (χ0n) is 11.6. The topological polar surface area (TPSA) is 41.3 Å². The molecule has 2 unspecified atom stereocenters. The number of halogens is 3. The van der Waals surface area contributed by atoms with Crippen molar-refractivity contribution in [1.82, 2.24) is 10.3 Å². The molecule has 19 heavy (non-hydrogen) atoms. The molecule has 0 spiro atoms. The average Bonchev–Trinajstić information content (AvgIpc) is 2.38. The number of nitrogens with zero attached hydrogens (tertiary/aromatic N) is 1. The van der Waals surface area contributed by atoms with Gasteiger partial charge in [0.25, 0.3) is 0 Å². The van der Waals surface area contributed by atoms with Gasteiger partial charge >= 0.3 is 0 Å². The van der Waals surface area contributed by atoms with Crippen LogP contribution in [0.25, 0.3) is 0 Å². The summed E-state index contributed by atoms with van der Waals surface area (Å²) in [6.07, 6.45) is 0.681. The Bertz CT molecular complexity index is 454. The Labute approximate surface area is 121 Å². The van der Waals surface area contributed by atoms with Crippen molar-refractivity contribution in [3.05, 3.63) is 33.8 Å². The molecule has 6 heteroatoms. The maximum Gasteiger partial charge on any atom is 0.145 e. The molecule has 0 amide bonds. The number of hydrogen-bond donors (Lipinski definition) is 2. The summed E-state index contributed by atoms with van der Waals surface area (Å²) in [6, 6.07) is 1.92. The fourth-order valence-corrected chi connectivity index (χ4v) is 2.51. The van der Waals surface area contributed by atoms with Gasteiger partial charge < -0.3 is 4.90 Å². The van der Waals surface area contributed by atoms with Gasteiger partial charge in [0.1, 0.15) is 11.6 Å². The molecule has 0 saturated carbocycles. The zero-order chi connectivity index (χ0) is 14.8. The van der Waals surface area contributed by atoms with Crippen molar-refractivity contribution in [1.29, 1.82) is 0 Å². The lowest BCUT2D eigenvalue weighted by molar-refractivity contribution is 0.109. The summed E-state index contributed by atoms with van der Waals surface area (Å²) in [5.41, 5.74) is 1.99.